The summed E-state index contributed by atoms with van der Waals surface area (Å²) in [7, 11) is 0. The van der Waals surface area contributed by atoms with Crippen molar-refractivity contribution in [1.82, 2.24) is 79.4 Å². The van der Waals surface area contributed by atoms with E-state index in [0.717, 1.165) is 6.92 Å². The number of phenols is 2. The van der Waals surface area contributed by atoms with Gasteiger partial charge in [0.2, 0.25) is 94.5 Å². The van der Waals surface area contributed by atoms with E-state index in [1.165, 1.54) is 54.7 Å². The maximum Gasteiger partial charge on any atom is 0.326 e. The predicted molar refractivity (Wildman–Crippen MR) is 501 cm³/mol. The third-order valence-corrected chi connectivity index (χ3v) is 22.5. The van der Waals surface area contributed by atoms with Gasteiger partial charge >= 0.3 is 11.9 Å². The molecule has 1 aromatic heterocycles. The van der Waals surface area contributed by atoms with Crippen LogP contribution in [0.5, 0.6) is 11.5 Å². The number of primary amides is 2. The van der Waals surface area contributed by atoms with Crippen molar-refractivity contribution in [3.63, 3.8) is 0 Å². The standard InChI is InChI=1S/C92H143N21O23/c1-10-52(8)77(98)90(133)100-48-75(119)101-61(21-13-16-38-93)79(122)109-70(44-54-24-28-57(115)29-25-54)87(130)102-62(22-14-17-39-94)80(123)107-67(41-49(2)3)84(127)104-64(33-36-74(97)118)82(125)110-71(45-55-26-30-58(116)31-27-55)88(131)108-68(42-50(4)5)85(128)105-65(34-37-76(120)121)81(124)103-63(32-35-73(96)117)83(126)111-72(46-56-47-99-60-20-12-11-19-59(56)60)89(132)113-78(53(9)114)91(134)112-69(43-51(6)7)86(129)106-66(92(135)136)23-15-18-40-95/h11-12,19-20,24-31,47,49-53,61-72,77-78,99,114-116H,10,13-18,21-23,32-46,48,93-95,98H2,1-9H3,(H2,96,117)(H2,97,118)(H,100,133)(H,101,119)(H,102,130)(H,103,124)(H,104,127)(H,105,128)(H,106,129)(H,107,123)(H,108,131)(H,109,122)(H,110,125)(H,111,126)(H,112,134)(H,113,132)(H,120,121)(H,135,136)/t52-,53+,61-,62-,63-,64-,65-,66-,67-,68-,69-,70-,71-,72-,77-,78-/m0/s1. The lowest BCUT2D eigenvalue weighted by Crippen LogP contribution is -2.62. The van der Waals surface area contributed by atoms with Gasteiger partial charge in [-0.25, -0.2) is 4.79 Å². The molecule has 0 aliphatic carbocycles. The number of phenolic OH excluding ortho intramolecular Hbond substituents is 2. The van der Waals surface area contributed by atoms with Crippen LogP contribution < -0.4 is 109 Å². The van der Waals surface area contributed by atoms with Crippen LogP contribution in [0.3, 0.4) is 0 Å². The fourth-order valence-corrected chi connectivity index (χ4v) is 14.6. The first-order valence-electron chi connectivity index (χ1n) is 46.2. The van der Waals surface area contributed by atoms with E-state index in [9.17, 15) is 102 Å². The van der Waals surface area contributed by atoms with Gasteiger partial charge in [0.15, 0.2) is 0 Å². The third-order valence-electron chi connectivity index (χ3n) is 22.5. The number of hydrogen-bond donors (Lipinski definition) is 26. The number of unbranched alkanes of at least 4 members (excludes halogenated alkanes) is 3. The number of carbonyl (C=O) groups is 18. The Kier molecular flexibility index (Phi) is 50.7. The van der Waals surface area contributed by atoms with Gasteiger partial charge in [0.05, 0.1) is 18.7 Å². The number of aromatic nitrogens is 1. The molecule has 44 heteroatoms. The number of nitrogens with one attached hydrogen (secondary N) is 15. The van der Waals surface area contributed by atoms with E-state index in [1.807, 2.05) is 6.92 Å². The minimum Gasteiger partial charge on any atom is -0.508 e. The van der Waals surface area contributed by atoms with Crippen LogP contribution in [-0.2, 0) is 106 Å². The highest BCUT2D eigenvalue weighted by Crippen LogP contribution is 2.23. The molecule has 0 saturated heterocycles. The second-order valence-corrected chi connectivity index (χ2v) is 35.5. The van der Waals surface area contributed by atoms with Crippen molar-refractivity contribution in [3.05, 3.63) is 95.7 Å². The number of fused-ring (bicyclic) bond motifs is 1. The minimum absolute atomic E-state index is 0.00554. The van der Waals surface area contributed by atoms with Gasteiger partial charge in [-0.05, 0) is 194 Å². The smallest absolute Gasteiger partial charge is 0.326 e. The maximum absolute atomic E-state index is 15.1. The Bertz CT molecular complexity index is 4630. The van der Waals surface area contributed by atoms with Gasteiger partial charge in [-0.1, -0.05) is 104 Å². The quantitative estimate of drug-likeness (QED) is 0.0208. The second kappa shape index (κ2) is 59.7. The topological polar surface area (TPSA) is 749 Å². The Hall–Kier alpha value is -12.9. The molecule has 32 N–H and O–H groups in total. The van der Waals surface area contributed by atoms with Gasteiger partial charge in [-0.3, -0.25) is 81.5 Å². The number of carboxylic acids is 2. The monoisotopic (exact) mass is 1910 g/mol. The lowest BCUT2D eigenvalue weighted by atomic mass is 9.99. The van der Waals surface area contributed by atoms with Crippen LogP contribution in [-0.4, -0.2) is 254 Å². The molecule has 0 spiro atoms. The summed E-state index contributed by atoms with van der Waals surface area (Å²) in [5.74, 6) is -20.5. The van der Waals surface area contributed by atoms with Crippen molar-refractivity contribution in [1.29, 1.82) is 0 Å². The summed E-state index contributed by atoms with van der Waals surface area (Å²) in [6, 6.07) is -4.30. The van der Waals surface area contributed by atoms with Gasteiger partial charge in [0.25, 0.3) is 0 Å². The molecule has 754 valence electrons. The van der Waals surface area contributed by atoms with Crippen LogP contribution in [0.15, 0.2) is 79.0 Å². The highest BCUT2D eigenvalue weighted by molar-refractivity contribution is 6.01. The first-order chi connectivity index (χ1) is 64.3. The molecule has 3 aromatic carbocycles. The number of aliphatic hydroxyl groups excluding tert-OH is 1. The second-order valence-electron chi connectivity index (χ2n) is 35.5. The molecule has 0 aliphatic heterocycles. The van der Waals surface area contributed by atoms with E-state index in [4.69, 9.17) is 34.4 Å². The van der Waals surface area contributed by atoms with Crippen LogP contribution in [0.25, 0.3) is 10.9 Å². The summed E-state index contributed by atoms with van der Waals surface area (Å²) < 4.78 is 0. The normalized spacial score (nSPS) is 14.9. The third kappa shape index (κ3) is 41.9. The number of aliphatic hydroxyl groups is 1. The fraction of sp³-hybridized carbons (Fsp3) is 0.587. The summed E-state index contributed by atoms with van der Waals surface area (Å²) in [6.07, 6.45) is -2.90. The zero-order chi connectivity index (χ0) is 102. The number of carbonyl (C=O) groups excluding carboxylic acids is 16. The molecule has 0 radical (unpaired) electrons. The van der Waals surface area contributed by atoms with Crippen LogP contribution in [0.2, 0.25) is 0 Å². The first kappa shape index (κ1) is 115. The number of hydrogen-bond acceptors (Lipinski definition) is 25. The van der Waals surface area contributed by atoms with E-state index >= 15 is 9.59 Å². The van der Waals surface area contributed by atoms with Crippen molar-refractivity contribution in [2.45, 2.75) is 294 Å². The Morgan fingerprint density at radius 1 is 0.368 bits per heavy atom. The van der Waals surface area contributed by atoms with Crippen molar-refractivity contribution in [3.8, 4) is 11.5 Å². The molecule has 0 aliphatic rings. The summed E-state index contributed by atoms with van der Waals surface area (Å²) in [5, 5.41) is 88.0. The molecule has 136 heavy (non-hydrogen) atoms. The average molecular weight is 1910 g/mol. The van der Waals surface area contributed by atoms with E-state index in [0.29, 0.717) is 60.6 Å². The summed E-state index contributed by atoms with van der Waals surface area (Å²) in [4.78, 5) is 256. The number of rotatable bonds is 65. The number of H-pyrrole nitrogens is 1. The van der Waals surface area contributed by atoms with Gasteiger partial charge in [0.1, 0.15) is 90.0 Å². The molecular weight excluding hydrogens is 1770 g/mol. The van der Waals surface area contributed by atoms with Crippen molar-refractivity contribution >= 4 is 117 Å². The van der Waals surface area contributed by atoms with Gasteiger partial charge in [0, 0.05) is 55.6 Å². The highest BCUT2D eigenvalue weighted by atomic mass is 16.4. The zero-order valence-electron chi connectivity index (χ0n) is 78.9. The largest absolute Gasteiger partial charge is 0.508 e. The highest BCUT2D eigenvalue weighted by Gasteiger charge is 2.40. The molecular formula is C92H143N21O23. The first-order valence-corrected chi connectivity index (χ1v) is 46.2. The molecule has 0 unspecified atom stereocenters. The van der Waals surface area contributed by atoms with Crippen molar-refractivity contribution < 1.29 is 112 Å². The minimum atomic E-state index is -1.91. The van der Waals surface area contributed by atoms with E-state index in [-0.39, 0.29) is 106 Å². The number of carboxylic acid groups (broad SMARTS) is 2. The summed E-state index contributed by atoms with van der Waals surface area (Å²) in [6.45, 7) is 15.0. The predicted octanol–water partition coefficient (Wildman–Crippen LogP) is -2.21. The fourth-order valence-electron chi connectivity index (χ4n) is 14.6. The van der Waals surface area contributed by atoms with Gasteiger partial charge in [-0.15, -0.1) is 0 Å². The lowest BCUT2D eigenvalue weighted by Gasteiger charge is -2.29. The average Bonchev–Trinajstić information content (AvgIpc) is 1.61. The SMILES string of the molecule is CC[C@H](C)[C@H](N)C(=O)NCC(=O)N[C@@H](CCCCN)C(=O)N[C@@H](Cc1ccc(O)cc1)C(=O)N[C@@H](CCCCN)C(=O)N[C@@H](CC(C)C)C(=O)N[C@@H](CCC(N)=O)C(=O)N[C@@H](Cc1ccc(O)cc1)C(=O)N[C@@H](CC(C)C)C(=O)N[C@@H](CCC(=O)O)C(=O)N[C@@H](CCC(N)=O)C(=O)N[C@@H](Cc1c[nH]c2ccccc12)C(=O)N[C@H](C(=O)N[C@@H](CC(C)C)C(=O)N[C@@H](CCCCN)C(=O)O)[C@@H](C)O. The van der Waals surface area contributed by atoms with Crippen LogP contribution in [0.1, 0.15) is 201 Å². The molecule has 0 fully saturated rings. The Morgan fingerprint density at radius 3 is 1.06 bits per heavy atom. The van der Waals surface area contributed by atoms with Gasteiger partial charge in [-0.2, -0.15) is 0 Å². The number of nitrogens with two attached hydrogens (primary N) is 6. The molecule has 16 amide bonds. The van der Waals surface area contributed by atoms with Crippen LogP contribution in [0.4, 0.5) is 0 Å². The number of benzene rings is 3. The van der Waals surface area contributed by atoms with Crippen molar-refractivity contribution in [2.24, 2.45) is 58.1 Å². The van der Waals surface area contributed by atoms with E-state index in [2.05, 4.69) is 79.4 Å². The van der Waals surface area contributed by atoms with Crippen molar-refractivity contribution in [2.75, 3.05) is 26.2 Å². The van der Waals surface area contributed by atoms with Crippen LogP contribution in [0, 0.1) is 23.7 Å². The molecule has 4 rings (SSSR count). The molecule has 1 heterocycles. The van der Waals surface area contributed by atoms with E-state index in [1.54, 1.807) is 72.7 Å². The Balaban J connectivity index is 1.72. The number of aliphatic carboxylic acids is 2. The molecule has 16 atom stereocenters. The lowest BCUT2D eigenvalue weighted by molar-refractivity contribution is -0.143. The van der Waals surface area contributed by atoms with E-state index < -0.39 is 260 Å². The number of aromatic amines is 1. The number of amides is 16. The molecule has 4 aromatic rings. The number of aromatic hydroxyl groups is 2. The molecule has 0 saturated carbocycles. The Labute approximate surface area is 790 Å². The summed E-state index contributed by atoms with van der Waals surface area (Å²) >= 11 is 0. The molecule has 44 nitrogen and oxygen atoms in total. The van der Waals surface area contributed by atoms with Gasteiger partial charge < -0.3 is 139 Å². The zero-order valence-corrected chi connectivity index (χ0v) is 78.9. The molecule has 0 bridgehead atoms. The summed E-state index contributed by atoms with van der Waals surface area (Å²) in [5.41, 5.74) is 36.3. The maximum atomic E-state index is 15.1. The Morgan fingerprint density at radius 2 is 0.691 bits per heavy atom. The number of para-hydroxylation sites is 1. The van der Waals surface area contributed by atoms with Crippen LogP contribution >= 0.6 is 0 Å².